The van der Waals surface area contributed by atoms with Crippen molar-refractivity contribution in [2.24, 2.45) is 7.05 Å². The zero-order valence-corrected chi connectivity index (χ0v) is 13.5. The average molecular weight is 296 g/mol. The van der Waals surface area contributed by atoms with Gasteiger partial charge in [-0.3, -0.25) is 9.36 Å². The monoisotopic (exact) mass is 295 g/mol. The van der Waals surface area contributed by atoms with Gasteiger partial charge >= 0.3 is 0 Å². The van der Waals surface area contributed by atoms with Gasteiger partial charge in [-0.2, -0.15) is 10.2 Å². The van der Waals surface area contributed by atoms with Crippen LogP contribution in [0.15, 0.2) is 0 Å². The molecule has 2 aromatic heterocycles. The van der Waals surface area contributed by atoms with Crippen molar-refractivity contribution in [3.8, 4) is 0 Å². The molecule has 0 saturated carbocycles. The van der Waals surface area contributed by atoms with Gasteiger partial charge in [0, 0.05) is 12.7 Å². The minimum Gasteiger partial charge on any atom is -0.319 e. The van der Waals surface area contributed by atoms with Crippen LogP contribution in [-0.2, 0) is 20.0 Å². The van der Waals surface area contributed by atoms with Crippen LogP contribution in [0.4, 0.5) is 0 Å². The molecular formula is C14H22ClN5. The molecule has 20 heavy (non-hydrogen) atoms. The Bertz CT molecular complexity index is 612. The van der Waals surface area contributed by atoms with E-state index >= 15 is 0 Å². The Balaban J connectivity index is 2.30. The number of nitrogens with one attached hydrogen (secondary N) is 1. The molecule has 0 aliphatic carbocycles. The molecule has 2 aromatic rings. The average Bonchev–Trinajstić information content (AvgIpc) is 2.79. The van der Waals surface area contributed by atoms with Gasteiger partial charge in [0.05, 0.1) is 28.6 Å². The Kier molecular flexibility index (Phi) is 4.50. The summed E-state index contributed by atoms with van der Waals surface area (Å²) in [7, 11) is 3.88. The first-order valence-electron chi connectivity index (χ1n) is 6.81. The second-order valence-electron chi connectivity index (χ2n) is 5.13. The first kappa shape index (κ1) is 15.1. The van der Waals surface area contributed by atoms with Gasteiger partial charge in [-0.05, 0) is 46.3 Å². The molecule has 110 valence electrons. The Labute approximate surface area is 124 Å². The normalized spacial score (nSPS) is 11.3. The van der Waals surface area contributed by atoms with E-state index in [0.717, 1.165) is 35.1 Å². The summed E-state index contributed by atoms with van der Waals surface area (Å²) in [5.74, 6) is 0. The van der Waals surface area contributed by atoms with Gasteiger partial charge in [-0.1, -0.05) is 11.6 Å². The number of hydrogen-bond donors (Lipinski definition) is 1. The van der Waals surface area contributed by atoms with Crippen LogP contribution in [0.3, 0.4) is 0 Å². The summed E-state index contributed by atoms with van der Waals surface area (Å²) < 4.78 is 3.85. The van der Waals surface area contributed by atoms with Gasteiger partial charge in [0.15, 0.2) is 0 Å². The third-order valence-corrected chi connectivity index (χ3v) is 4.21. The maximum Gasteiger partial charge on any atom is 0.0866 e. The molecule has 2 heterocycles. The standard InChI is InChI=1S/C14H22ClN5/c1-9-12(6-7-16-4)11(3)20(18-9)8-13-14(15)10(2)17-19(13)5/h16H,6-8H2,1-5H3. The van der Waals surface area contributed by atoms with Crippen molar-refractivity contribution in [3.63, 3.8) is 0 Å². The fraction of sp³-hybridized carbons (Fsp3) is 0.571. The van der Waals surface area contributed by atoms with Gasteiger partial charge < -0.3 is 5.32 Å². The lowest BCUT2D eigenvalue weighted by Crippen LogP contribution is -2.12. The second kappa shape index (κ2) is 5.97. The molecule has 0 unspecified atom stereocenters. The van der Waals surface area contributed by atoms with Crippen molar-refractivity contribution in [2.75, 3.05) is 13.6 Å². The molecule has 0 aliphatic rings. The quantitative estimate of drug-likeness (QED) is 0.918. The third-order valence-electron chi connectivity index (χ3n) is 3.72. The van der Waals surface area contributed by atoms with E-state index in [1.54, 1.807) is 0 Å². The maximum absolute atomic E-state index is 6.31. The van der Waals surface area contributed by atoms with E-state index in [4.69, 9.17) is 11.6 Å². The minimum absolute atomic E-state index is 0.655. The van der Waals surface area contributed by atoms with Crippen LogP contribution in [-0.4, -0.2) is 33.2 Å². The lowest BCUT2D eigenvalue weighted by atomic mass is 10.1. The van der Waals surface area contributed by atoms with Crippen LogP contribution in [0.25, 0.3) is 0 Å². The van der Waals surface area contributed by atoms with Gasteiger partial charge in [-0.15, -0.1) is 0 Å². The van der Waals surface area contributed by atoms with Crippen molar-refractivity contribution < 1.29 is 0 Å². The van der Waals surface area contributed by atoms with E-state index in [1.165, 1.54) is 11.3 Å². The zero-order chi connectivity index (χ0) is 14.9. The number of aromatic nitrogens is 4. The Morgan fingerprint density at radius 2 is 1.85 bits per heavy atom. The van der Waals surface area contributed by atoms with Crippen molar-refractivity contribution in [2.45, 2.75) is 33.7 Å². The highest BCUT2D eigenvalue weighted by atomic mass is 35.5. The summed E-state index contributed by atoms with van der Waals surface area (Å²) in [5, 5.41) is 12.9. The van der Waals surface area contributed by atoms with Crippen molar-refractivity contribution in [3.05, 3.63) is 33.4 Å². The topological polar surface area (TPSA) is 47.7 Å². The molecule has 5 nitrogen and oxygen atoms in total. The van der Waals surface area contributed by atoms with Crippen LogP contribution >= 0.6 is 11.6 Å². The number of halogens is 1. The number of nitrogens with zero attached hydrogens (tertiary/aromatic N) is 4. The molecule has 1 N–H and O–H groups in total. The first-order valence-corrected chi connectivity index (χ1v) is 7.19. The van der Waals surface area contributed by atoms with Gasteiger partial charge in [0.25, 0.3) is 0 Å². The number of likely N-dealkylation sites (N-methyl/N-ethyl adjacent to an activating group) is 1. The van der Waals surface area contributed by atoms with Crippen LogP contribution in [0.5, 0.6) is 0 Å². The Hall–Kier alpha value is -1.33. The first-order chi connectivity index (χ1) is 9.45. The predicted octanol–water partition coefficient (Wildman–Crippen LogP) is 2.01. The van der Waals surface area contributed by atoms with E-state index in [1.807, 2.05) is 30.4 Å². The second-order valence-corrected chi connectivity index (χ2v) is 5.51. The van der Waals surface area contributed by atoms with E-state index in [2.05, 4.69) is 29.4 Å². The largest absolute Gasteiger partial charge is 0.319 e. The molecule has 6 heteroatoms. The summed E-state index contributed by atoms with van der Waals surface area (Å²) >= 11 is 6.31. The van der Waals surface area contributed by atoms with E-state index in [0.29, 0.717) is 6.54 Å². The van der Waals surface area contributed by atoms with Crippen LogP contribution < -0.4 is 5.32 Å². The molecule has 0 amide bonds. The lowest BCUT2D eigenvalue weighted by molar-refractivity contribution is 0.603. The van der Waals surface area contributed by atoms with Crippen LogP contribution in [0, 0.1) is 20.8 Å². The number of aryl methyl sites for hydroxylation is 3. The molecule has 2 rings (SSSR count). The molecule has 0 aliphatic heterocycles. The molecule has 0 atom stereocenters. The fourth-order valence-corrected chi connectivity index (χ4v) is 2.71. The zero-order valence-electron chi connectivity index (χ0n) is 12.8. The van der Waals surface area contributed by atoms with Crippen LogP contribution in [0.2, 0.25) is 5.02 Å². The van der Waals surface area contributed by atoms with Crippen molar-refractivity contribution in [1.82, 2.24) is 24.9 Å². The van der Waals surface area contributed by atoms with Gasteiger partial charge in [0.2, 0.25) is 0 Å². The highest BCUT2D eigenvalue weighted by Gasteiger charge is 2.16. The highest BCUT2D eigenvalue weighted by Crippen LogP contribution is 2.22. The van der Waals surface area contributed by atoms with Crippen molar-refractivity contribution in [1.29, 1.82) is 0 Å². The highest BCUT2D eigenvalue weighted by molar-refractivity contribution is 6.31. The SMILES string of the molecule is CNCCc1c(C)nn(Cc2c(Cl)c(C)nn2C)c1C. The Morgan fingerprint density at radius 1 is 1.15 bits per heavy atom. The number of rotatable bonds is 5. The number of hydrogen-bond acceptors (Lipinski definition) is 3. The maximum atomic E-state index is 6.31. The summed E-state index contributed by atoms with van der Waals surface area (Å²) in [6, 6.07) is 0. The van der Waals surface area contributed by atoms with Crippen molar-refractivity contribution >= 4 is 11.6 Å². The van der Waals surface area contributed by atoms with Gasteiger partial charge in [0.1, 0.15) is 0 Å². The molecule has 0 saturated heterocycles. The minimum atomic E-state index is 0.655. The summed E-state index contributed by atoms with van der Waals surface area (Å²) in [6.45, 7) is 7.71. The van der Waals surface area contributed by atoms with E-state index in [-0.39, 0.29) is 0 Å². The van der Waals surface area contributed by atoms with Gasteiger partial charge in [-0.25, -0.2) is 0 Å². The fourth-order valence-electron chi connectivity index (χ4n) is 2.49. The molecule has 0 spiro atoms. The third kappa shape index (κ3) is 2.74. The Morgan fingerprint density at radius 3 is 2.40 bits per heavy atom. The summed E-state index contributed by atoms with van der Waals surface area (Å²) in [5.41, 5.74) is 5.46. The molecule has 0 aromatic carbocycles. The molecule has 0 radical (unpaired) electrons. The summed E-state index contributed by atoms with van der Waals surface area (Å²) in [6.07, 6.45) is 0.992. The predicted molar refractivity (Wildman–Crippen MR) is 81.4 cm³/mol. The van der Waals surface area contributed by atoms with E-state index in [9.17, 15) is 0 Å². The molecule has 0 fully saturated rings. The van der Waals surface area contributed by atoms with Crippen LogP contribution in [0.1, 0.15) is 28.3 Å². The molecular weight excluding hydrogens is 274 g/mol. The summed E-state index contributed by atoms with van der Waals surface area (Å²) in [4.78, 5) is 0. The van der Waals surface area contributed by atoms with E-state index < -0.39 is 0 Å². The molecule has 0 bridgehead atoms. The lowest BCUT2D eigenvalue weighted by Gasteiger charge is -2.07. The smallest absolute Gasteiger partial charge is 0.0866 e.